The molecule has 100 valence electrons. The van der Waals surface area contributed by atoms with E-state index in [1.165, 1.54) is 16.7 Å². The molecule has 1 saturated heterocycles. The van der Waals surface area contributed by atoms with Crippen LogP contribution in [0.4, 0.5) is 0 Å². The fraction of sp³-hybridized carbons (Fsp3) is 0.600. The molecule has 3 heteroatoms. The Morgan fingerprint density at radius 2 is 2.00 bits per heavy atom. The smallest absolute Gasteiger partial charge is 0.122 e. The van der Waals surface area contributed by atoms with Gasteiger partial charge in [0.2, 0.25) is 0 Å². The first kappa shape index (κ1) is 13.4. The molecule has 1 aromatic carbocycles. The van der Waals surface area contributed by atoms with Crippen LogP contribution in [0.2, 0.25) is 0 Å². The lowest BCUT2D eigenvalue weighted by Gasteiger charge is -2.43. The Bertz CT molecular complexity index is 425. The van der Waals surface area contributed by atoms with Crippen LogP contribution in [-0.2, 0) is 10.2 Å². The topological polar surface area (TPSA) is 30.5 Å². The molecule has 18 heavy (non-hydrogen) atoms. The summed E-state index contributed by atoms with van der Waals surface area (Å²) in [4.78, 5) is 0. The molecule has 0 bridgehead atoms. The van der Waals surface area contributed by atoms with E-state index in [1.807, 2.05) is 7.05 Å². The maximum atomic E-state index is 5.48. The van der Waals surface area contributed by atoms with Gasteiger partial charge >= 0.3 is 0 Å². The zero-order valence-electron chi connectivity index (χ0n) is 11.8. The van der Waals surface area contributed by atoms with Crippen LogP contribution in [0.1, 0.15) is 23.1 Å². The average molecular weight is 249 g/mol. The van der Waals surface area contributed by atoms with Gasteiger partial charge in [-0.1, -0.05) is 6.07 Å². The van der Waals surface area contributed by atoms with Crippen LogP contribution in [0.5, 0.6) is 5.75 Å². The molecule has 1 heterocycles. The van der Waals surface area contributed by atoms with Crippen LogP contribution in [0.3, 0.4) is 0 Å². The predicted molar refractivity (Wildman–Crippen MR) is 73.5 cm³/mol. The molecule has 0 atom stereocenters. The standard InChI is InChI=1S/C15H23NO2/c1-11-8-14(17-4)12(2)7-13(11)15(5-6-16-3)9-18-10-15/h7-8,16H,5-6,9-10H2,1-4H3. The second kappa shape index (κ2) is 5.29. The number of hydrogen-bond acceptors (Lipinski definition) is 3. The minimum atomic E-state index is 0.199. The summed E-state index contributed by atoms with van der Waals surface area (Å²) in [6.45, 7) is 6.96. The third kappa shape index (κ3) is 2.25. The first-order valence-electron chi connectivity index (χ1n) is 6.51. The van der Waals surface area contributed by atoms with Crippen LogP contribution in [0.15, 0.2) is 12.1 Å². The van der Waals surface area contributed by atoms with Gasteiger partial charge in [-0.3, -0.25) is 0 Å². The van der Waals surface area contributed by atoms with E-state index in [4.69, 9.17) is 9.47 Å². The molecule has 1 N–H and O–H groups in total. The quantitative estimate of drug-likeness (QED) is 0.867. The summed E-state index contributed by atoms with van der Waals surface area (Å²) in [5.74, 6) is 0.972. The number of rotatable bonds is 5. The summed E-state index contributed by atoms with van der Waals surface area (Å²) < 4.78 is 10.9. The van der Waals surface area contributed by atoms with Gasteiger partial charge in [-0.05, 0) is 56.6 Å². The number of aryl methyl sites for hydroxylation is 2. The minimum absolute atomic E-state index is 0.199. The van der Waals surface area contributed by atoms with Crippen molar-refractivity contribution in [2.75, 3.05) is 33.9 Å². The number of ether oxygens (including phenoxy) is 2. The number of benzene rings is 1. The molecule has 0 spiro atoms. The monoisotopic (exact) mass is 249 g/mol. The van der Waals surface area contributed by atoms with Crippen molar-refractivity contribution in [1.29, 1.82) is 0 Å². The molecule has 0 aliphatic carbocycles. The second-order valence-electron chi connectivity index (χ2n) is 5.26. The summed E-state index contributed by atoms with van der Waals surface area (Å²) in [6.07, 6.45) is 1.12. The van der Waals surface area contributed by atoms with E-state index in [2.05, 4.69) is 31.3 Å². The first-order chi connectivity index (χ1) is 8.63. The molecule has 0 amide bonds. The Labute approximate surface area is 109 Å². The summed E-state index contributed by atoms with van der Waals surface area (Å²) in [5.41, 5.74) is 4.12. The maximum Gasteiger partial charge on any atom is 0.122 e. The normalized spacial score (nSPS) is 17.3. The Morgan fingerprint density at radius 1 is 1.28 bits per heavy atom. The van der Waals surface area contributed by atoms with E-state index in [1.54, 1.807) is 7.11 Å². The molecule has 1 aliphatic heterocycles. The molecule has 1 fully saturated rings. The van der Waals surface area contributed by atoms with Crippen LogP contribution >= 0.6 is 0 Å². The van der Waals surface area contributed by atoms with Crippen LogP contribution in [0, 0.1) is 13.8 Å². The fourth-order valence-electron chi connectivity index (χ4n) is 2.73. The minimum Gasteiger partial charge on any atom is -0.496 e. The second-order valence-corrected chi connectivity index (χ2v) is 5.26. The number of hydrogen-bond donors (Lipinski definition) is 1. The molecule has 1 aliphatic rings. The zero-order chi connectivity index (χ0) is 13.2. The molecule has 1 aromatic rings. The highest BCUT2D eigenvalue weighted by atomic mass is 16.5. The highest BCUT2D eigenvalue weighted by molar-refractivity contribution is 5.45. The highest BCUT2D eigenvalue weighted by Crippen LogP contribution is 2.39. The van der Waals surface area contributed by atoms with Crippen molar-refractivity contribution in [1.82, 2.24) is 5.32 Å². The van der Waals surface area contributed by atoms with E-state index in [9.17, 15) is 0 Å². The SMILES string of the molecule is CNCCC1(c2cc(C)c(OC)cc2C)COC1. The van der Waals surface area contributed by atoms with Crippen molar-refractivity contribution in [3.05, 3.63) is 28.8 Å². The molecule has 0 radical (unpaired) electrons. The summed E-state index contributed by atoms with van der Waals surface area (Å²) >= 11 is 0. The van der Waals surface area contributed by atoms with Gasteiger partial charge in [0.1, 0.15) is 5.75 Å². The van der Waals surface area contributed by atoms with E-state index >= 15 is 0 Å². The van der Waals surface area contributed by atoms with Gasteiger partial charge in [0.25, 0.3) is 0 Å². The maximum absolute atomic E-state index is 5.48. The van der Waals surface area contributed by atoms with Crippen LogP contribution in [-0.4, -0.2) is 33.9 Å². The Morgan fingerprint density at radius 3 is 2.50 bits per heavy atom. The Hall–Kier alpha value is -1.06. The molecule has 0 saturated carbocycles. The molecular formula is C15H23NO2. The lowest BCUT2D eigenvalue weighted by molar-refractivity contribution is -0.0641. The number of nitrogens with one attached hydrogen (secondary N) is 1. The third-order valence-electron chi connectivity index (χ3n) is 3.92. The van der Waals surface area contributed by atoms with E-state index in [-0.39, 0.29) is 5.41 Å². The predicted octanol–water partition coefficient (Wildman–Crippen LogP) is 2.19. The van der Waals surface area contributed by atoms with Crippen LogP contribution in [0.25, 0.3) is 0 Å². The summed E-state index contributed by atoms with van der Waals surface area (Å²) in [5, 5.41) is 3.24. The fourth-order valence-corrected chi connectivity index (χ4v) is 2.73. The molecular weight excluding hydrogens is 226 g/mol. The van der Waals surface area contributed by atoms with E-state index < -0.39 is 0 Å². The van der Waals surface area contributed by atoms with Gasteiger partial charge in [0, 0.05) is 5.41 Å². The third-order valence-corrected chi connectivity index (χ3v) is 3.92. The van der Waals surface area contributed by atoms with Gasteiger partial charge in [0.15, 0.2) is 0 Å². The number of methoxy groups -OCH3 is 1. The van der Waals surface area contributed by atoms with Gasteiger partial charge in [-0.2, -0.15) is 0 Å². The van der Waals surface area contributed by atoms with Gasteiger partial charge in [-0.15, -0.1) is 0 Å². The van der Waals surface area contributed by atoms with E-state index in [0.717, 1.165) is 31.9 Å². The van der Waals surface area contributed by atoms with Crippen molar-refractivity contribution in [2.24, 2.45) is 0 Å². The van der Waals surface area contributed by atoms with Gasteiger partial charge in [0.05, 0.1) is 20.3 Å². The van der Waals surface area contributed by atoms with Crippen molar-refractivity contribution in [2.45, 2.75) is 25.7 Å². The van der Waals surface area contributed by atoms with Crippen molar-refractivity contribution in [3.63, 3.8) is 0 Å². The van der Waals surface area contributed by atoms with Crippen molar-refractivity contribution >= 4 is 0 Å². The van der Waals surface area contributed by atoms with Gasteiger partial charge < -0.3 is 14.8 Å². The highest BCUT2D eigenvalue weighted by Gasteiger charge is 2.40. The molecule has 0 aromatic heterocycles. The molecule has 3 nitrogen and oxygen atoms in total. The summed E-state index contributed by atoms with van der Waals surface area (Å²) in [7, 11) is 3.73. The lowest BCUT2D eigenvalue weighted by atomic mass is 9.73. The molecule has 0 unspecified atom stereocenters. The summed E-state index contributed by atoms with van der Waals surface area (Å²) in [6, 6.07) is 4.41. The van der Waals surface area contributed by atoms with E-state index in [0.29, 0.717) is 0 Å². The first-order valence-corrected chi connectivity index (χ1v) is 6.51. The molecule has 2 rings (SSSR count). The van der Waals surface area contributed by atoms with Crippen molar-refractivity contribution in [3.8, 4) is 5.75 Å². The largest absolute Gasteiger partial charge is 0.496 e. The Kier molecular flexibility index (Phi) is 3.93. The zero-order valence-corrected chi connectivity index (χ0v) is 11.8. The van der Waals surface area contributed by atoms with Gasteiger partial charge in [-0.25, -0.2) is 0 Å². The lowest BCUT2D eigenvalue weighted by Crippen LogP contribution is -2.48. The Balaban J connectivity index is 2.34. The van der Waals surface area contributed by atoms with Crippen molar-refractivity contribution < 1.29 is 9.47 Å². The van der Waals surface area contributed by atoms with Crippen LogP contribution < -0.4 is 10.1 Å². The average Bonchev–Trinajstić information content (AvgIpc) is 2.31.